The third kappa shape index (κ3) is 7.42. The molecule has 2 fully saturated rings. The highest BCUT2D eigenvalue weighted by Crippen LogP contribution is 2.41. The van der Waals surface area contributed by atoms with E-state index in [0.29, 0.717) is 16.8 Å². The van der Waals surface area contributed by atoms with Crippen LogP contribution in [0, 0.1) is 5.41 Å². The summed E-state index contributed by atoms with van der Waals surface area (Å²) in [6.07, 6.45) is -7.99. The van der Waals surface area contributed by atoms with Crippen LogP contribution in [0.15, 0.2) is 88.3 Å². The molecule has 3 aliphatic heterocycles. The number of alkyl halides is 6. The van der Waals surface area contributed by atoms with E-state index in [9.17, 15) is 40.7 Å². The Morgan fingerprint density at radius 2 is 1.62 bits per heavy atom. The number of fused-ring (bicyclic) bond motifs is 1. The van der Waals surface area contributed by atoms with Crippen molar-refractivity contribution in [2.45, 2.75) is 51.5 Å². The Hall–Kier alpha value is -5.36. The Kier molecular flexibility index (Phi) is 9.85. The van der Waals surface area contributed by atoms with Gasteiger partial charge in [-0.1, -0.05) is 40.2 Å². The van der Waals surface area contributed by atoms with Crippen molar-refractivity contribution in [3.8, 4) is 16.9 Å². The second-order valence-electron chi connectivity index (χ2n) is 15.4. The van der Waals surface area contributed by atoms with Crippen LogP contribution in [-0.4, -0.2) is 86.0 Å². The Morgan fingerprint density at radius 3 is 2.29 bits per heavy atom. The lowest BCUT2D eigenvalue weighted by molar-refractivity contribution is -0.142. The van der Waals surface area contributed by atoms with Gasteiger partial charge in [0.15, 0.2) is 0 Å². The SMILES string of the molecule is C[C@@H]1Cn2c(c(C(=O)NCc3ccccc3-c3ccn(CC(F)(F)F)n3)n(-c3ccc(N4CC5(CN(C)C5)C4)cc3)c2=O)CN1C(=O)c1ccc(Br)c(C(F)(F)F)c1. The average molecular weight is 872 g/mol. The first-order valence-electron chi connectivity index (χ1n) is 18.4. The van der Waals surface area contributed by atoms with Crippen molar-refractivity contribution in [1.82, 2.24) is 34.0 Å². The molecule has 1 spiro atoms. The van der Waals surface area contributed by atoms with E-state index in [4.69, 9.17) is 0 Å². The Balaban J connectivity index is 1.12. The molecule has 0 radical (unpaired) electrons. The molecule has 5 aromatic rings. The molecule has 2 saturated heterocycles. The van der Waals surface area contributed by atoms with Crippen LogP contribution in [0.4, 0.5) is 32.0 Å². The van der Waals surface area contributed by atoms with Crippen LogP contribution in [0.1, 0.15) is 44.6 Å². The van der Waals surface area contributed by atoms with Crippen molar-refractivity contribution in [1.29, 1.82) is 0 Å². The number of benzene rings is 3. The quantitative estimate of drug-likeness (QED) is 0.177. The number of carbonyl (C=O) groups is 2. The molecule has 2 amide bonds. The zero-order chi connectivity index (χ0) is 41.3. The zero-order valence-electron chi connectivity index (χ0n) is 31.2. The fourth-order valence-electron chi connectivity index (χ4n) is 8.42. The van der Waals surface area contributed by atoms with Gasteiger partial charge in [0, 0.05) is 78.2 Å². The van der Waals surface area contributed by atoms with Gasteiger partial charge < -0.3 is 20.0 Å². The third-order valence-corrected chi connectivity index (χ3v) is 11.7. The largest absolute Gasteiger partial charge is 0.417 e. The molecule has 5 heterocycles. The number of amides is 2. The van der Waals surface area contributed by atoms with Gasteiger partial charge in [-0.25, -0.2) is 4.79 Å². The van der Waals surface area contributed by atoms with Crippen LogP contribution in [0.2, 0.25) is 0 Å². The second-order valence-corrected chi connectivity index (χ2v) is 16.3. The van der Waals surface area contributed by atoms with E-state index in [0.717, 1.165) is 48.7 Å². The summed E-state index contributed by atoms with van der Waals surface area (Å²) in [5.74, 6) is -1.40. The first-order valence-corrected chi connectivity index (χ1v) is 19.2. The summed E-state index contributed by atoms with van der Waals surface area (Å²) in [4.78, 5) is 48.5. The molecule has 2 aromatic heterocycles. The standard InChI is InChI=1S/C40H37BrF6N8O3/c1-24-17-54-33(18-53(24)36(57)25-7-12-31(41)30(15-25)40(45,46)47)34(55(37(54)58)28-10-8-27(9-11-28)51-21-38(22-51)19-50(2)20-38)35(56)48-16-26-5-3-4-6-29(26)32-13-14-52(49-32)23-39(42,43)44/h3-15,24H,16-23H2,1-2H3,(H,48,56)/t24-/m1/s1. The minimum absolute atomic E-state index is 0.0400. The number of rotatable bonds is 8. The maximum atomic E-state index is 14.4. The maximum absolute atomic E-state index is 14.4. The van der Waals surface area contributed by atoms with Crippen molar-refractivity contribution in [3.63, 3.8) is 0 Å². The third-order valence-electron chi connectivity index (χ3n) is 11.0. The van der Waals surface area contributed by atoms with Crippen molar-refractivity contribution in [2.75, 3.05) is 38.1 Å². The lowest BCUT2D eigenvalue weighted by Crippen LogP contribution is -2.71. The van der Waals surface area contributed by atoms with E-state index in [1.54, 1.807) is 43.3 Å². The number of carbonyl (C=O) groups excluding carboxylic acids is 2. The molecule has 1 N–H and O–H groups in total. The van der Waals surface area contributed by atoms with Crippen molar-refractivity contribution >= 4 is 33.4 Å². The van der Waals surface area contributed by atoms with Gasteiger partial charge in [0.1, 0.15) is 12.2 Å². The Bertz CT molecular complexity index is 2460. The predicted molar refractivity (Wildman–Crippen MR) is 206 cm³/mol. The van der Waals surface area contributed by atoms with Gasteiger partial charge >= 0.3 is 18.0 Å². The van der Waals surface area contributed by atoms with E-state index in [1.807, 2.05) is 12.1 Å². The highest BCUT2D eigenvalue weighted by molar-refractivity contribution is 9.10. The van der Waals surface area contributed by atoms with Gasteiger partial charge in [-0.15, -0.1) is 0 Å². The fourth-order valence-corrected chi connectivity index (χ4v) is 8.89. The molecule has 0 aliphatic carbocycles. The first-order chi connectivity index (χ1) is 27.4. The minimum Gasteiger partial charge on any atom is -0.370 e. The van der Waals surface area contributed by atoms with Gasteiger partial charge in [-0.3, -0.25) is 23.4 Å². The van der Waals surface area contributed by atoms with E-state index >= 15 is 0 Å². The van der Waals surface area contributed by atoms with Crippen molar-refractivity contribution in [3.05, 3.63) is 122 Å². The molecule has 11 nitrogen and oxygen atoms in total. The number of imidazole rings is 1. The van der Waals surface area contributed by atoms with Gasteiger partial charge in [-0.05, 0) is 68.1 Å². The molecular formula is C40H37BrF6N8O3. The molecule has 0 unspecified atom stereocenters. The summed E-state index contributed by atoms with van der Waals surface area (Å²) in [7, 11) is 2.08. The van der Waals surface area contributed by atoms with Crippen molar-refractivity contribution in [2.24, 2.45) is 5.41 Å². The molecule has 1 atom stereocenters. The first kappa shape index (κ1) is 39.5. The van der Waals surface area contributed by atoms with Crippen LogP contribution < -0.4 is 15.9 Å². The summed E-state index contributed by atoms with van der Waals surface area (Å²) in [6, 6.07) is 18.0. The maximum Gasteiger partial charge on any atom is 0.417 e. The van der Waals surface area contributed by atoms with Gasteiger partial charge in [0.2, 0.25) is 0 Å². The lowest BCUT2D eigenvalue weighted by Gasteiger charge is -2.60. The van der Waals surface area contributed by atoms with Crippen LogP contribution in [0.5, 0.6) is 0 Å². The highest BCUT2D eigenvalue weighted by atomic mass is 79.9. The monoisotopic (exact) mass is 870 g/mol. The van der Waals surface area contributed by atoms with Crippen LogP contribution >= 0.6 is 15.9 Å². The summed E-state index contributed by atoms with van der Waals surface area (Å²) in [5, 5.41) is 6.95. The fraction of sp³-hybridized carbons (Fsp3) is 0.350. The highest BCUT2D eigenvalue weighted by Gasteiger charge is 2.50. The summed E-state index contributed by atoms with van der Waals surface area (Å²) in [6.45, 7) is 3.85. The second kappa shape index (κ2) is 14.5. The molecule has 0 saturated carbocycles. The van der Waals surface area contributed by atoms with E-state index in [2.05, 4.69) is 43.2 Å². The topological polar surface area (TPSA) is 101 Å². The van der Waals surface area contributed by atoms with E-state index < -0.39 is 48.0 Å². The van der Waals surface area contributed by atoms with Crippen LogP contribution in [0.3, 0.4) is 0 Å². The number of nitrogens with zero attached hydrogens (tertiary/aromatic N) is 7. The number of aromatic nitrogens is 4. The molecule has 58 heavy (non-hydrogen) atoms. The van der Waals surface area contributed by atoms with Gasteiger partial charge in [0.05, 0.1) is 29.2 Å². The number of hydrogen-bond acceptors (Lipinski definition) is 6. The Morgan fingerprint density at radius 1 is 0.931 bits per heavy atom. The molecule has 0 bridgehead atoms. The van der Waals surface area contributed by atoms with Crippen molar-refractivity contribution < 1.29 is 35.9 Å². The molecule has 3 aromatic carbocycles. The predicted octanol–water partition coefficient (Wildman–Crippen LogP) is 6.57. The summed E-state index contributed by atoms with van der Waals surface area (Å²) in [5.41, 5.74) is 1.25. The molecule has 8 rings (SSSR count). The Labute approximate surface area is 336 Å². The van der Waals surface area contributed by atoms with Crippen LogP contribution in [0.25, 0.3) is 16.9 Å². The zero-order valence-corrected chi connectivity index (χ0v) is 32.8. The number of anilines is 1. The molecule has 18 heteroatoms. The normalized spacial score (nSPS) is 17.8. The molecular weight excluding hydrogens is 834 g/mol. The minimum atomic E-state index is -4.73. The van der Waals surface area contributed by atoms with Gasteiger partial charge in [0.25, 0.3) is 11.8 Å². The summed E-state index contributed by atoms with van der Waals surface area (Å²) >= 11 is 2.92. The number of hydrogen-bond donors (Lipinski definition) is 1. The van der Waals surface area contributed by atoms with Gasteiger partial charge in [-0.2, -0.15) is 31.4 Å². The van der Waals surface area contributed by atoms with E-state index in [-0.39, 0.29) is 52.2 Å². The number of nitrogens with one attached hydrogen (secondary N) is 1. The van der Waals surface area contributed by atoms with E-state index in [1.165, 1.54) is 32.4 Å². The average Bonchev–Trinajstić information content (AvgIpc) is 3.71. The number of halogens is 7. The molecule has 304 valence electrons. The number of likely N-dealkylation sites (tertiary alicyclic amines) is 1. The summed E-state index contributed by atoms with van der Waals surface area (Å²) < 4.78 is 83.8. The molecule has 3 aliphatic rings. The lowest BCUT2D eigenvalue weighted by atomic mass is 9.73. The smallest absolute Gasteiger partial charge is 0.370 e. The van der Waals surface area contributed by atoms with Crippen LogP contribution in [-0.2, 0) is 32.4 Å².